The Balaban J connectivity index is 3.92. The van der Waals surface area contributed by atoms with E-state index in [1.54, 1.807) is 0 Å². The summed E-state index contributed by atoms with van der Waals surface area (Å²) in [5.41, 5.74) is -0.382. The Hall–Kier alpha value is -1.37. The number of rotatable bonds is 2. The van der Waals surface area contributed by atoms with Crippen molar-refractivity contribution in [3.8, 4) is 6.07 Å². The van der Waals surface area contributed by atoms with Gasteiger partial charge in [-0.15, -0.1) is 0 Å². The van der Waals surface area contributed by atoms with Crippen molar-refractivity contribution >= 4 is 12.0 Å². The summed E-state index contributed by atoms with van der Waals surface area (Å²) in [4.78, 5) is 13.7. The van der Waals surface area contributed by atoms with Gasteiger partial charge in [-0.2, -0.15) is 5.26 Å². The van der Waals surface area contributed by atoms with E-state index in [9.17, 15) is 4.79 Å². The minimum Gasteiger partial charge on any atom is -0.398 e. The standard InChI is InChI=1S/C4H3N2O2/c1-8-6-4(2-5)3-7/h1H3/b6-4-. The van der Waals surface area contributed by atoms with Crippen LogP contribution in [0.5, 0.6) is 0 Å². The molecule has 0 rings (SSSR count). The van der Waals surface area contributed by atoms with Gasteiger partial charge in [0.05, 0.1) is 0 Å². The minimum absolute atomic E-state index is 0.382. The van der Waals surface area contributed by atoms with Crippen LogP contribution in [-0.4, -0.2) is 19.1 Å². The van der Waals surface area contributed by atoms with Gasteiger partial charge in [-0.3, -0.25) is 4.79 Å². The van der Waals surface area contributed by atoms with Gasteiger partial charge in [0.25, 0.3) is 6.29 Å². The maximum atomic E-state index is 9.57. The lowest BCUT2D eigenvalue weighted by molar-refractivity contribution is 0.214. The summed E-state index contributed by atoms with van der Waals surface area (Å²) in [7, 11) is 1.24. The van der Waals surface area contributed by atoms with Gasteiger partial charge in [-0.25, -0.2) is 0 Å². The van der Waals surface area contributed by atoms with E-state index in [0.29, 0.717) is 0 Å². The topological polar surface area (TPSA) is 62.4 Å². The molecule has 0 fully saturated rings. The molecular weight excluding hydrogens is 108 g/mol. The van der Waals surface area contributed by atoms with Crippen LogP contribution in [0.3, 0.4) is 0 Å². The van der Waals surface area contributed by atoms with Crippen LogP contribution in [0.1, 0.15) is 0 Å². The third-order valence-corrected chi connectivity index (χ3v) is 0.385. The summed E-state index contributed by atoms with van der Waals surface area (Å²) in [6.07, 6.45) is 1.27. The van der Waals surface area contributed by atoms with E-state index in [4.69, 9.17) is 5.26 Å². The number of oxime groups is 1. The number of hydrogen-bond acceptors (Lipinski definition) is 4. The molecule has 1 radical (unpaired) electrons. The maximum absolute atomic E-state index is 9.57. The molecule has 4 nitrogen and oxygen atoms in total. The van der Waals surface area contributed by atoms with E-state index in [1.807, 2.05) is 0 Å². The highest BCUT2D eigenvalue weighted by Crippen LogP contribution is 1.70. The smallest absolute Gasteiger partial charge is 0.268 e. The fourth-order valence-electron chi connectivity index (χ4n) is 0.153. The second-order valence-electron chi connectivity index (χ2n) is 0.836. The lowest BCUT2D eigenvalue weighted by atomic mass is 10.5. The second kappa shape index (κ2) is 3.81. The third-order valence-electron chi connectivity index (χ3n) is 0.385. The first-order valence-corrected chi connectivity index (χ1v) is 1.74. The van der Waals surface area contributed by atoms with Crippen LogP contribution in [0, 0.1) is 11.3 Å². The molecule has 0 amide bonds. The summed E-state index contributed by atoms with van der Waals surface area (Å²) in [6, 6.07) is 1.45. The van der Waals surface area contributed by atoms with E-state index in [1.165, 1.54) is 19.5 Å². The fourth-order valence-corrected chi connectivity index (χ4v) is 0.153. The van der Waals surface area contributed by atoms with Gasteiger partial charge in [0, 0.05) is 0 Å². The molecule has 0 bridgehead atoms. The Morgan fingerprint density at radius 2 is 2.50 bits per heavy atom. The zero-order valence-electron chi connectivity index (χ0n) is 4.21. The summed E-state index contributed by atoms with van der Waals surface area (Å²) in [6.45, 7) is 0. The van der Waals surface area contributed by atoms with Crippen LogP contribution in [0.2, 0.25) is 0 Å². The highest BCUT2D eigenvalue weighted by atomic mass is 16.6. The minimum atomic E-state index is -0.382. The molecule has 41 valence electrons. The summed E-state index contributed by atoms with van der Waals surface area (Å²) in [5.74, 6) is 0. The van der Waals surface area contributed by atoms with E-state index >= 15 is 0 Å². The van der Waals surface area contributed by atoms with Gasteiger partial charge in [-0.05, 0) is 0 Å². The first-order valence-electron chi connectivity index (χ1n) is 1.74. The first-order chi connectivity index (χ1) is 3.85. The monoisotopic (exact) mass is 111 g/mol. The van der Waals surface area contributed by atoms with E-state index in [0.717, 1.165) is 0 Å². The van der Waals surface area contributed by atoms with Crippen molar-refractivity contribution in [1.29, 1.82) is 5.26 Å². The largest absolute Gasteiger partial charge is 0.398 e. The van der Waals surface area contributed by atoms with Crippen molar-refractivity contribution < 1.29 is 9.63 Å². The predicted octanol–water partition coefficient (Wildman–Crippen LogP) is -0.378. The SMILES string of the molecule is CO/N=C(\[C]=O)C#N. The normalized spacial score (nSPS) is 9.75. The van der Waals surface area contributed by atoms with Crippen molar-refractivity contribution in [3.05, 3.63) is 0 Å². The van der Waals surface area contributed by atoms with Crippen molar-refractivity contribution in [2.75, 3.05) is 7.11 Å². The number of nitrogens with zero attached hydrogens (tertiary/aromatic N) is 2. The lowest BCUT2D eigenvalue weighted by Gasteiger charge is -1.79. The molecule has 0 saturated heterocycles. The Kier molecular flexibility index (Phi) is 3.16. The van der Waals surface area contributed by atoms with E-state index in [-0.39, 0.29) is 5.71 Å². The predicted molar refractivity (Wildman–Crippen MR) is 25.8 cm³/mol. The average molecular weight is 111 g/mol. The maximum Gasteiger partial charge on any atom is 0.268 e. The molecule has 0 atom stereocenters. The van der Waals surface area contributed by atoms with Crippen LogP contribution in [0.4, 0.5) is 0 Å². The fraction of sp³-hybridized carbons (Fsp3) is 0.250. The third kappa shape index (κ3) is 1.92. The molecule has 0 aliphatic heterocycles. The summed E-state index contributed by atoms with van der Waals surface area (Å²) < 4.78 is 0. The second-order valence-corrected chi connectivity index (χ2v) is 0.836. The Morgan fingerprint density at radius 3 is 2.62 bits per heavy atom. The average Bonchev–Trinajstić information content (AvgIpc) is 1.83. The van der Waals surface area contributed by atoms with E-state index in [2.05, 4.69) is 9.99 Å². The number of nitriles is 1. The van der Waals surface area contributed by atoms with Gasteiger partial charge in [0.15, 0.2) is 0 Å². The molecule has 0 saturated carbocycles. The quantitative estimate of drug-likeness (QED) is 0.360. The molecule has 0 N–H and O–H groups in total. The molecule has 0 aromatic rings. The molecule has 0 unspecified atom stereocenters. The molecular formula is C4H3N2O2. The highest BCUT2D eigenvalue weighted by molar-refractivity contribution is 6.35. The number of hydrogen-bond donors (Lipinski definition) is 0. The zero-order valence-corrected chi connectivity index (χ0v) is 4.21. The van der Waals surface area contributed by atoms with E-state index < -0.39 is 0 Å². The molecule has 0 aromatic heterocycles. The zero-order chi connectivity index (χ0) is 6.41. The summed E-state index contributed by atoms with van der Waals surface area (Å²) >= 11 is 0. The van der Waals surface area contributed by atoms with Gasteiger partial charge in [-0.1, -0.05) is 5.16 Å². The van der Waals surface area contributed by atoms with Gasteiger partial charge in [0.2, 0.25) is 5.71 Å². The molecule has 0 heterocycles. The van der Waals surface area contributed by atoms with Crippen molar-refractivity contribution in [3.63, 3.8) is 0 Å². The summed E-state index contributed by atoms with van der Waals surface area (Å²) in [5, 5.41) is 10.9. The Morgan fingerprint density at radius 1 is 1.88 bits per heavy atom. The van der Waals surface area contributed by atoms with Crippen LogP contribution in [0.15, 0.2) is 5.16 Å². The highest BCUT2D eigenvalue weighted by Gasteiger charge is 1.91. The molecule has 0 aliphatic carbocycles. The van der Waals surface area contributed by atoms with Gasteiger partial charge in [0.1, 0.15) is 13.2 Å². The van der Waals surface area contributed by atoms with Crippen LogP contribution < -0.4 is 0 Å². The van der Waals surface area contributed by atoms with Crippen LogP contribution in [0.25, 0.3) is 0 Å². The molecule has 4 heteroatoms. The van der Waals surface area contributed by atoms with Crippen molar-refractivity contribution in [2.45, 2.75) is 0 Å². The molecule has 0 spiro atoms. The molecule has 0 aromatic carbocycles. The number of carbonyl (C=O) groups excluding carboxylic acids is 1. The molecule has 0 aliphatic rings. The van der Waals surface area contributed by atoms with Crippen molar-refractivity contribution in [1.82, 2.24) is 0 Å². The van der Waals surface area contributed by atoms with Gasteiger partial charge < -0.3 is 4.84 Å². The van der Waals surface area contributed by atoms with Crippen LogP contribution in [-0.2, 0) is 9.63 Å². The van der Waals surface area contributed by atoms with Crippen molar-refractivity contribution in [2.24, 2.45) is 5.16 Å². The Bertz CT molecular complexity index is 145. The first kappa shape index (κ1) is 6.63. The van der Waals surface area contributed by atoms with Crippen LogP contribution >= 0.6 is 0 Å². The molecule has 8 heavy (non-hydrogen) atoms. The Labute approximate surface area is 46.4 Å². The lowest BCUT2D eigenvalue weighted by Crippen LogP contribution is -1.94. The van der Waals surface area contributed by atoms with Gasteiger partial charge >= 0.3 is 0 Å².